The lowest BCUT2D eigenvalue weighted by Gasteiger charge is -2.25. The molecule has 0 bridgehead atoms. The second-order valence-electron chi connectivity index (χ2n) is 5.83. The Balaban J connectivity index is 2.02. The molecular formula is C15H22N2OS. The van der Waals surface area contributed by atoms with Gasteiger partial charge in [0.05, 0.1) is 11.7 Å². The maximum absolute atomic E-state index is 6.03. The van der Waals surface area contributed by atoms with Gasteiger partial charge in [-0.25, -0.2) is 0 Å². The van der Waals surface area contributed by atoms with E-state index in [0.29, 0.717) is 11.1 Å². The maximum atomic E-state index is 6.03. The van der Waals surface area contributed by atoms with Gasteiger partial charge in [-0.15, -0.1) is 0 Å². The molecule has 19 heavy (non-hydrogen) atoms. The quantitative estimate of drug-likeness (QED) is 0.860. The fraction of sp³-hybridized carbons (Fsp3) is 0.533. The Morgan fingerprint density at radius 2 is 2.26 bits per heavy atom. The molecule has 0 spiro atoms. The summed E-state index contributed by atoms with van der Waals surface area (Å²) in [5.74, 6) is 0. The third-order valence-electron chi connectivity index (χ3n) is 3.60. The molecule has 1 aliphatic rings. The van der Waals surface area contributed by atoms with Gasteiger partial charge in [-0.3, -0.25) is 0 Å². The number of hydrogen-bond donors (Lipinski definition) is 1. The first-order valence-electron chi connectivity index (χ1n) is 6.66. The van der Waals surface area contributed by atoms with E-state index in [2.05, 4.69) is 31.9 Å². The van der Waals surface area contributed by atoms with Gasteiger partial charge < -0.3 is 15.4 Å². The average molecular weight is 278 g/mol. The molecule has 1 aromatic carbocycles. The van der Waals surface area contributed by atoms with Crippen molar-refractivity contribution < 1.29 is 4.74 Å². The molecule has 1 unspecified atom stereocenters. The van der Waals surface area contributed by atoms with Crippen LogP contribution in [0.15, 0.2) is 24.3 Å². The van der Waals surface area contributed by atoms with Gasteiger partial charge in [0.15, 0.2) is 0 Å². The van der Waals surface area contributed by atoms with E-state index < -0.39 is 0 Å². The Bertz CT molecular complexity index is 473. The van der Waals surface area contributed by atoms with Crippen LogP contribution in [-0.4, -0.2) is 30.3 Å². The summed E-state index contributed by atoms with van der Waals surface area (Å²) in [5, 5.41) is 0. The predicted octanol–water partition coefficient (Wildman–Crippen LogP) is 2.71. The summed E-state index contributed by atoms with van der Waals surface area (Å²) in [5.41, 5.74) is 7.72. The molecule has 1 heterocycles. The lowest BCUT2D eigenvalue weighted by Crippen LogP contribution is -2.31. The monoisotopic (exact) mass is 278 g/mol. The van der Waals surface area contributed by atoms with Gasteiger partial charge in [0, 0.05) is 24.8 Å². The summed E-state index contributed by atoms with van der Waals surface area (Å²) in [6.07, 6.45) is 2.54. The van der Waals surface area contributed by atoms with E-state index in [1.165, 1.54) is 0 Å². The number of ether oxygens (including phenoxy) is 1. The van der Waals surface area contributed by atoms with Gasteiger partial charge in [-0.05, 0) is 38.8 Å². The minimum atomic E-state index is 0.0200. The molecule has 0 aromatic heterocycles. The van der Waals surface area contributed by atoms with E-state index in [1.807, 2.05) is 18.2 Å². The summed E-state index contributed by atoms with van der Waals surface area (Å²) in [6.45, 7) is 5.20. The zero-order chi connectivity index (χ0) is 14.0. The number of hydrogen-bond acceptors (Lipinski definition) is 3. The van der Waals surface area contributed by atoms with Crippen LogP contribution < -0.4 is 10.6 Å². The third kappa shape index (κ3) is 3.67. The lowest BCUT2D eigenvalue weighted by atomic mass is 10.1. The Hall–Kier alpha value is -1.13. The number of thiocarbonyl (C=S) groups is 1. The Kier molecular flexibility index (Phi) is 4.11. The van der Waals surface area contributed by atoms with Crippen molar-refractivity contribution in [2.75, 3.05) is 18.5 Å². The van der Waals surface area contributed by atoms with Gasteiger partial charge in [-0.1, -0.05) is 24.4 Å². The molecule has 1 saturated heterocycles. The highest BCUT2D eigenvalue weighted by atomic mass is 32.1. The normalized spacial score (nSPS) is 21.3. The van der Waals surface area contributed by atoms with Crippen LogP contribution in [0.5, 0.6) is 0 Å². The minimum Gasteiger partial charge on any atom is -0.389 e. The molecular weight excluding hydrogens is 256 g/mol. The highest BCUT2D eigenvalue weighted by Gasteiger charge is 2.32. The largest absolute Gasteiger partial charge is 0.389 e. The summed E-state index contributed by atoms with van der Waals surface area (Å²) in [4.78, 5) is 2.64. The second kappa shape index (κ2) is 5.47. The number of rotatable bonds is 4. The first kappa shape index (κ1) is 14.3. The average Bonchev–Trinajstić information content (AvgIpc) is 2.68. The Labute approximate surface area is 120 Å². The van der Waals surface area contributed by atoms with Crippen molar-refractivity contribution in [3.63, 3.8) is 0 Å². The molecule has 0 saturated carbocycles. The lowest BCUT2D eigenvalue weighted by molar-refractivity contribution is -0.0111. The van der Waals surface area contributed by atoms with Gasteiger partial charge in [0.1, 0.15) is 4.99 Å². The van der Waals surface area contributed by atoms with Crippen molar-refractivity contribution in [3.05, 3.63) is 29.8 Å². The molecule has 0 radical (unpaired) electrons. The summed E-state index contributed by atoms with van der Waals surface area (Å²) in [7, 11) is 2.08. The molecule has 4 heteroatoms. The number of nitrogens with zero attached hydrogens (tertiary/aromatic N) is 1. The smallest absolute Gasteiger partial charge is 0.104 e. The summed E-state index contributed by atoms with van der Waals surface area (Å²) < 4.78 is 6.03. The van der Waals surface area contributed by atoms with E-state index in [0.717, 1.165) is 30.6 Å². The van der Waals surface area contributed by atoms with E-state index in [-0.39, 0.29) is 5.60 Å². The van der Waals surface area contributed by atoms with Crippen LogP contribution in [0.1, 0.15) is 32.3 Å². The Morgan fingerprint density at radius 3 is 2.84 bits per heavy atom. The first-order valence-corrected chi connectivity index (χ1v) is 7.07. The van der Waals surface area contributed by atoms with Gasteiger partial charge in [-0.2, -0.15) is 0 Å². The number of nitrogens with two attached hydrogens (primary N) is 1. The Morgan fingerprint density at radius 1 is 1.53 bits per heavy atom. The molecule has 2 N–H and O–H groups in total. The third-order valence-corrected chi connectivity index (χ3v) is 3.84. The van der Waals surface area contributed by atoms with Crippen LogP contribution in [0.4, 0.5) is 5.69 Å². The second-order valence-corrected chi connectivity index (χ2v) is 6.27. The van der Waals surface area contributed by atoms with Crippen molar-refractivity contribution in [2.45, 2.75) is 38.4 Å². The molecule has 0 aliphatic carbocycles. The van der Waals surface area contributed by atoms with Crippen LogP contribution >= 0.6 is 12.2 Å². The molecule has 3 nitrogen and oxygen atoms in total. The standard InChI is InChI=1S/C15H22N2OS/c1-15(2)8-7-13(18-15)10-17(3)12-6-4-5-11(9-12)14(16)19/h4-6,9,13H,7-8,10H2,1-3H3,(H2,16,19). The van der Waals surface area contributed by atoms with Crippen molar-refractivity contribution in [3.8, 4) is 0 Å². The SMILES string of the molecule is CN(CC1CCC(C)(C)O1)c1cccc(C(N)=S)c1. The number of anilines is 1. The van der Waals surface area contributed by atoms with Crippen LogP contribution in [0.25, 0.3) is 0 Å². The highest BCUT2D eigenvalue weighted by Crippen LogP contribution is 2.30. The van der Waals surface area contributed by atoms with E-state index >= 15 is 0 Å². The summed E-state index contributed by atoms with van der Waals surface area (Å²) >= 11 is 5.02. The van der Waals surface area contributed by atoms with Crippen molar-refractivity contribution in [1.82, 2.24) is 0 Å². The number of benzene rings is 1. The molecule has 1 atom stereocenters. The van der Waals surface area contributed by atoms with Gasteiger partial charge in [0.2, 0.25) is 0 Å². The van der Waals surface area contributed by atoms with Crippen LogP contribution in [0, 0.1) is 0 Å². The van der Waals surface area contributed by atoms with E-state index in [4.69, 9.17) is 22.7 Å². The van der Waals surface area contributed by atoms with Gasteiger partial charge in [0.25, 0.3) is 0 Å². The summed E-state index contributed by atoms with van der Waals surface area (Å²) in [6, 6.07) is 8.03. The van der Waals surface area contributed by atoms with Crippen LogP contribution in [0.2, 0.25) is 0 Å². The molecule has 1 aromatic rings. The molecule has 1 aliphatic heterocycles. The maximum Gasteiger partial charge on any atom is 0.104 e. The fourth-order valence-electron chi connectivity index (χ4n) is 2.51. The minimum absolute atomic E-state index is 0.0200. The predicted molar refractivity (Wildman–Crippen MR) is 83.8 cm³/mol. The zero-order valence-corrected chi connectivity index (χ0v) is 12.7. The van der Waals surface area contributed by atoms with E-state index in [9.17, 15) is 0 Å². The van der Waals surface area contributed by atoms with E-state index in [1.54, 1.807) is 0 Å². The molecule has 2 rings (SSSR count). The number of likely N-dealkylation sites (N-methyl/N-ethyl adjacent to an activating group) is 1. The molecule has 104 valence electrons. The zero-order valence-electron chi connectivity index (χ0n) is 11.8. The van der Waals surface area contributed by atoms with Crippen molar-refractivity contribution in [2.24, 2.45) is 5.73 Å². The van der Waals surface area contributed by atoms with Crippen molar-refractivity contribution in [1.29, 1.82) is 0 Å². The molecule has 0 amide bonds. The fourth-order valence-corrected chi connectivity index (χ4v) is 2.64. The van der Waals surface area contributed by atoms with Gasteiger partial charge >= 0.3 is 0 Å². The first-order chi connectivity index (χ1) is 8.87. The van der Waals surface area contributed by atoms with Crippen LogP contribution in [0.3, 0.4) is 0 Å². The topological polar surface area (TPSA) is 38.5 Å². The van der Waals surface area contributed by atoms with Crippen LogP contribution in [-0.2, 0) is 4.74 Å². The highest BCUT2D eigenvalue weighted by molar-refractivity contribution is 7.80. The van der Waals surface area contributed by atoms with Crippen molar-refractivity contribution >= 4 is 22.9 Å². The molecule has 1 fully saturated rings.